The van der Waals surface area contributed by atoms with Crippen molar-refractivity contribution in [3.63, 3.8) is 0 Å². The second kappa shape index (κ2) is 5.54. The van der Waals surface area contributed by atoms with Gasteiger partial charge in [0.05, 0.1) is 6.61 Å². The van der Waals surface area contributed by atoms with Crippen molar-refractivity contribution in [2.45, 2.75) is 19.9 Å². The fourth-order valence-corrected chi connectivity index (χ4v) is 1.97. The molecule has 2 nitrogen and oxygen atoms in total. The lowest BCUT2D eigenvalue weighted by atomic mass is 9.99. The van der Waals surface area contributed by atoms with Crippen LogP contribution in [0.15, 0.2) is 42.5 Å². The molecule has 0 saturated heterocycles. The molecule has 0 atom stereocenters. The summed E-state index contributed by atoms with van der Waals surface area (Å²) in [7, 11) is 0. The summed E-state index contributed by atoms with van der Waals surface area (Å²) in [6.45, 7) is 1.36. The average Bonchev–Trinajstić information content (AvgIpc) is 2.37. The highest BCUT2D eigenvalue weighted by atomic mass is 19.4. The first kappa shape index (κ1) is 14.4. The topological polar surface area (TPSA) is 29.5 Å². The molecule has 0 aliphatic carbocycles. The van der Waals surface area contributed by atoms with Gasteiger partial charge in [-0.1, -0.05) is 36.4 Å². The number of ether oxygens (including phenoxy) is 1. The SMILES string of the molecule is Cc1ccccc1-c1ccc(CO)c(OC(F)(F)F)c1. The lowest BCUT2D eigenvalue weighted by Gasteiger charge is -2.14. The maximum absolute atomic E-state index is 12.4. The first-order valence-corrected chi connectivity index (χ1v) is 5.96. The predicted molar refractivity (Wildman–Crippen MR) is 69.2 cm³/mol. The van der Waals surface area contributed by atoms with Gasteiger partial charge in [-0.15, -0.1) is 13.2 Å². The Bertz CT molecular complexity index is 606. The van der Waals surface area contributed by atoms with Crippen LogP contribution in [-0.2, 0) is 6.61 Å². The van der Waals surface area contributed by atoms with Crippen molar-refractivity contribution < 1.29 is 23.0 Å². The van der Waals surface area contributed by atoms with Crippen molar-refractivity contribution in [2.24, 2.45) is 0 Å². The fraction of sp³-hybridized carbons (Fsp3) is 0.200. The van der Waals surface area contributed by atoms with Crippen LogP contribution >= 0.6 is 0 Å². The monoisotopic (exact) mass is 282 g/mol. The molecular formula is C15H13F3O2. The molecular weight excluding hydrogens is 269 g/mol. The minimum absolute atomic E-state index is 0.0969. The maximum Gasteiger partial charge on any atom is 0.573 e. The van der Waals surface area contributed by atoms with Crippen LogP contribution in [0.25, 0.3) is 11.1 Å². The fourth-order valence-electron chi connectivity index (χ4n) is 1.97. The quantitative estimate of drug-likeness (QED) is 0.920. The van der Waals surface area contributed by atoms with Gasteiger partial charge >= 0.3 is 6.36 Å². The Morgan fingerprint density at radius 2 is 1.80 bits per heavy atom. The minimum atomic E-state index is -4.78. The number of halogens is 3. The molecule has 5 heteroatoms. The zero-order chi connectivity index (χ0) is 14.8. The standard InChI is InChI=1S/C15H13F3O2/c1-10-4-2-3-5-13(10)11-6-7-12(9-19)14(8-11)20-15(16,17)18/h2-8,19H,9H2,1H3. The van der Waals surface area contributed by atoms with Gasteiger partial charge in [-0.2, -0.15) is 0 Å². The van der Waals surface area contributed by atoms with Gasteiger partial charge in [0, 0.05) is 5.56 Å². The Labute approximate surface area is 114 Å². The minimum Gasteiger partial charge on any atom is -0.405 e. The molecule has 0 heterocycles. The Morgan fingerprint density at radius 3 is 2.40 bits per heavy atom. The molecule has 0 amide bonds. The summed E-state index contributed by atoms with van der Waals surface area (Å²) in [5, 5.41) is 9.08. The van der Waals surface area contributed by atoms with E-state index in [-0.39, 0.29) is 11.3 Å². The zero-order valence-corrected chi connectivity index (χ0v) is 10.7. The van der Waals surface area contributed by atoms with Gasteiger partial charge in [-0.3, -0.25) is 0 Å². The van der Waals surface area contributed by atoms with Crippen LogP contribution in [0.1, 0.15) is 11.1 Å². The van der Waals surface area contributed by atoms with Gasteiger partial charge in [-0.05, 0) is 29.7 Å². The number of aliphatic hydroxyl groups excluding tert-OH is 1. The predicted octanol–water partition coefficient (Wildman–Crippen LogP) is 4.05. The Balaban J connectivity index is 2.47. The number of aryl methyl sites for hydroxylation is 1. The zero-order valence-electron chi connectivity index (χ0n) is 10.7. The van der Waals surface area contributed by atoms with Crippen LogP contribution in [0, 0.1) is 6.92 Å². The summed E-state index contributed by atoms with van der Waals surface area (Å²) < 4.78 is 41.1. The lowest BCUT2D eigenvalue weighted by Crippen LogP contribution is -2.18. The first-order chi connectivity index (χ1) is 9.40. The third kappa shape index (κ3) is 3.30. The van der Waals surface area contributed by atoms with E-state index in [1.54, 1.807) is 6.07 Å². The molecule has 0 unspecified atom stereocenters. The van der Waals surface area contributed by atoms with Crippen molar-refractivity contribution in [1.29, 1.82) is 0 Å². The van der Waals surface area contributed by atoms with Crippen molar-refractivity contribution in [2.75, 3.05) is 0 Å². The first-order valence-electron chi connectivity index (χ1n) is 5.96. The molecule has 2 aromatic rings. The number of alkyl halides is 3. The highest BCUT2D eigenvalue weighted by molar-refractivity contribution is 5.69. The van der Waals surface area contributed by atoms with Crippen LogP contribution in [0.5, 0.6) is 5.75 Å². The third-order valence-electron chi connectivity index (χ3n) is 2.92. The van der Waals surface area contributed by atoms with E-state index in [2.05, 4.69) is 4.74 Å². The molecule has 106 valence electrons. The van der Waals surface area contributed by atoms with Gasteiger partial charge in [0.25, 0.3) is 0 Å². The summed E-state index contributed by atoms with van der Waals surface area (Å²) in [6, 6.07) is 11.8. The molecule has 2 rings (SSSR count). The molecule has 0 aliphatic rings. The van der Waals surface area contributed by atoms with Crippen LogP contribution in [0.2, 0.25) is 0 Å². The number of aliphatic hydroxyl groups is 1. The molecule has 0 spiro atoms. The van der Waals surface area contributed by atoms with Crippen LogP contribution < -0.4 is 4.74 Å². The molecule has 0 aliphatic heterocycles. The van der Waals surface area contributed by atoms with Crippen molar-refractivity contribution >= 4 is 0 Å². The molecule has 0 saturated carbocycles. The average molecular weight is 282 g/mol. The Kier molecular flexibility index (Phi) is 3.99. The van der Waals surface area contributed by atoms with E-state index < -0.39 is 13.0 Å². The van der Waals surface area contributed by atoms with Crippen LogP contribution in [0.3, 0.4) is 0 Å². The molecule has 2 aromatic carbocycles. The molecule has 0 fully saturated rings. The second-order valence-electron chi connectivity index (χ2n) is 4.34. The maximum atomic E-state index is 12.4. The van der Waals surface area contributed by atoms with E-state index in [9.17, 15) is 13.2 Å². The van der Waals surface area contributed by atoms with Crippen molar-refractivity contribution in [3.8, 4) is 16.9 Å². The number of hydrogen-bond acceptors (Lipinski definition) is 2. The smallest absolute Gasteiger partial charge is 0.405 e. The Morgan fingerprint density at radius 1 is 1.10 bits per heavy atom. The molecule has 1 N–H and O–H groups in total. The second-order valence-corrected chi connectivity index (χ2v) is 4.34. The Hall–Kier alpha value is -2.01. The van der Waals surface area contributed by atoms with Gasteiger partial charge in [-0.25, -0.2) is 0 Å². The number of rotatable bonds is 3. The molecule has 0 radical (unpaired) electrons. The largest absolute Gasteiger partial charge is 0.573 e. The summed E-state index contributed by atoms with van der Waals surface area (Å²) in [6.07, 6.45) is -4.78. The summed E-state index contributed by atoms with van der Waals surface area (Å²) in [5.74, 6) is -0.374. The van der Waals surface area contributed by atoms with E-state index in [0.29, 0.717) is 5.56 Å². The van der Waals surface area contributed by atoms with Gasteiger partial charge in [0.2, 0.25) is 0 Å². The van der Waals surface area contributed by atoms with E-state index in [0.717, 1.165) is 11.1 Å². The normalized spacial score (nSPS) is 11.4. The van der Waals surface area contributed by atoms with Gasteiger partial charge in [0.1, 0.15) is 5.75 Å². The highest BCUT2D eigenvalue weighted by Crippen LogP contribution is 2.32. The van der Waals surface area contributed by atoms with Crippen LogP contribution in [0.4, 0.5) is 13.2 Å². The lowest BCUT2D eigenvalue weighted by molar-refractivity contribution is -0.275. The van der Waals surface area contributed by atoms with Crippen molar-refractivity contribution in [1.82, 2.24) is 0 Å². The summed E-state index contributed by atoms with van der Waals surface area (Å²) in [5.41, 5.74) is 2.48. The third-order valence-corrected chi connectivity index (χ3v) is 2.92. The van der Waals surface area contributed by atoms with Crippen LogP contribution in [-0.4, -0.2) is 11.5 Å². The molecule has 0 aromatic heterocycles. The van der Waals surface area contributed by atoms with E-state index in [4.69, 9.17) is 5.11 Å². The molecule has 0 bridgehead atoms. The van der Waals surface area contributed by atoms with E-state index in [1.807, 2.05) is 31.2 Å². The summed E-state index contributed by atoms with van der Waals surface area (Å²) >= 11 is 0. The number of benzene rings is 2. The van der Waals surface area contributed by atoms with E-state index >= 15 is 0 Å². The molecule has 20 heavy (non-hydrogen) atoms. The van der Waals surface area contributed by atoms with Gasteiger partial charge < -0.3 is 9.84 Å². The van der Waals surface area contributed by atoms with Crippen molar-refractivity contribution in [3.05, 3.63) is 53.6 Å². The van der Waals surface area contributed by atoms with Gasteiger partial charge in [0.15, 0.2) is 0 Å². The highest BCUT2D eigenvalue weighted by Gasteiger charge is 2.32. The number of hydrogen-bond donors (Lipinski definition) is 1. The van der Waals surface area contributed by atoms with E-state index in [1.165, 1.54) is 12.1 Å². The summed E-state index contributed by atoms with van der Waals surface area (Å²) in [4.78, 5) is 0.